The van der Waals surface area contributed by atoms with Gasteiger partial charge in [-0.1, -0.05) is 18.2 Å². The number of nitrogens with one attached hydrogen (secondary N) is 1. The second-order valence-corrected chi connectivity index (χ2v) is 7.27. The van der Waals surface area contributed by atoms with Crippen molar-refractivity contribution in [2.75, 3.05) is 19.0 Å². The van der Waals surface area contributed by atoms with Gasteiger partial charge in [0.1, 0.15) is 11.7 Å². The van der Waals surface area contributed by atoms with Crippen LogP contribution >= 0.6 is 0 Å². The standard InChI is InChI=1S/C23H24N2O6/c1-4-31-23(27)22-19(15-6-5-7-18(10-15)30-3)11-16(12-21(22)26)24-20-13-17(25(28)29)9-8-14(20)2/h5-10,12-13,19,22,24H,4,11H2,1-3H3/t19-,22-/m1/s1. The third kappa shape index (κ3) is 4.91. The average molecular weight is 424 g/mol. The van der Waals surface area contributed by atoms with Crippen LogP contribution in [0.3, 0.4) is 0 Å². The molecule has 8 nitrogen and oxygen atoms in total. The van der Waals surface area contributed by atoms with E-state index in [1.807, 2.05) is 13.0 Å². The Morgan fingerprint density at radius 2 is 2.03 bits per heavy atom. The van der Waals surface area contributed by atoms with E-state index in [-0.39, 0.29) is 18.1 Å². The number of aryl methyl sites for hydroxylation is 1. The van der Waals surface area contributed by atoms with E-state index in [9.17, 15) is 19.7 Å². The van der Waals surface area contributed by atoms with E-state index in [2.05, 4.69) is 5.32 Å². The Morgan fingerprint density at radius 3 is 2.71 bits per heavy atom. The molecule has 0 saturated carbocycles. The monoisotopic (exact) mass is 424 g/mol. The highest BCUT2D eigenvalue weighted by Crippen LogP contribution is 2.38. The molecule has 0 heterocycles. The molecule has 8 heteroatoms. The Labute approximate surface area is 180 Å². The molecule has 31 heavy (non-hydrogen) atoms. The van der Waals surface area contributed by atoms with Gasteiger partial charge in [0.25, 0.3) is 5.69 Å². The molecule has 1 aliphatic carbocycles. The van der Waals surface area contributed by atoms with Crippen molar-refractivity contribution >= 4 is 23.1 Å². The fourth-order valence-electron chi connectivity index (χ4n) is 3.69. The molecule has 2 atom stereocenters. The SMILES string of the molecule is CCOC(=O)[C@H]1C(=O)C=C(Nc2cc([N+](=O)[O-])ccc2C)C[C@@H]1c1cccc(OC)c1. The number of allylic oxidation sites excluding steroid dienone is 2. The molecule has 1 aliphatic rings. The van der Waals surface area contributed by atoms with Gasteiger partial charge in [0.2, 0.25) is 0 Å². The molecule has 0 bridgehead atoms. The van der Waals surface area contributed by atoms with Gasteiger partial charge in [0.05, 0.1) is 18.6 Å². The number of methoxy groups -OCH3 is 1. The summed E-state index contributed by atoms with van der Waals surface area (Å²) in [6, 6.07) is 11.7. The van der Waals surface area contributed by atoms with Gasteiger partial charge in [-0.25, -0.2) is 0 Å². The summed E-state index contributed by atoms with van der Waals surface area (Å²) in [6.45, 7) is 3.69. The van der Waals surface area contributed by atoms with Crippen LogP contribution in [0.5, 0.6) is 5.75 Å². The molecule has 2 aromatic carbocycles. The highest BCUT2D eigenvalue weighted by molar-refractivity contribution is 6.07. The number of non-ortho nitro benzene ring substituents is 1. The zero-order valence-corrected chi connectivity index (χ0v) is 17.6. The number of carbonyl (C=O) groups is 2. The molecule has 0 saturated heterocycles. The van der Waals surface area contributed by atoms with E-state index in [1.54, 1.807) is 38.3 Å². The number of ketones is 1. The average Bonchev–Trinajstić information content (AvgIpc) is 2.74. The Hall–Kier alpha value is -3.68. The first kappa shape index (κ1) is 22.0. The molecule has 0 amide bonds. The number of ether oxygens (including phenoxy) is 2. The molecule has 0 unspecified atom stereocenters. The predicted octanol–water partition coefficient (Wildman–Crippen LogP) is 4.14. The number of benzene rings is 2. The topological polar surface area (TPSA) is 108 Å². The van der Waals surface area contributed by atoms with Gasteiger partial charge in [-0.15, -0.1) is 0 Å². The quantitative estimate of drug-likeness (QED) is 0.308. The lowest BCUT2D eigenvalue weighted by Gasteiger charge is -2.30. The van der Waals surface area contributed by atoms with Crippen LogP contribution in [0.15, 0.2) is 54.2 Å². The van der Waals surface area contributed by atoms with E-state index in [1.165, 1.54) is 18.2 Å². The molecule has 0 aliphatic heterocycles. The van der Waals surface area contributed by atoms with Crippen molar-refractivity contribution in [1.82, 2.24) is 0 Å². The van der Waals surface area contributed by atoms with Gasteiger partial charge in [-0.3, -0.25) is 19.7 Å². The van der Waals surface area contributed by atoms with Gasteiger partial charge in [-0.2, -0.15) is 0 Å². The number of rotatable bonds is 7. The maximum atomic E-state index is 13.0. The normalized spacial score (nSPS) is 18.2. The lowest BCUT2D eigenvalue weighted by molar-refractivity contribution is -0.384. The fourth-order valence-corrected chi connectivity index (χ4v) is 3.69. The summed E-state index contributed by atoms with van der Waals surface area (Å²) in [7, 11) is 1.55. The molecule has 162 valence electrons. The third-order valence-corrected chi connectivity index (χ3v) is 5.25. The number of carbonyl (C=O) groups excluding carboxylic acids is 2. The molecule has 2 aromatic rings. The van der Waals surface area contributed by atoms with Gasteiger partial charge < -0.3 is 14.8 Å². The lowest BCUT2D eigenvalue weighted by atomic mass is 9.76. The van der Waals surface area contributed by atoms with Crippen molar-refractivity contribution in [3.63, 3.8) is 0 Å². The highest BCUT2D eigenvalue weighted by Gasteiger charge is 2.39. The number of nitrogens with zero attached hydrogens (tertiary/aromatic N) is 1. The first-order valence-corrected chi connectivity index (χ1v) is 9.91. The van der Waals surface area contributed by atoms with Crippen LogP contribution in [0.1, 0.15) is 30.4 Å². The second kappa shape index (κ2) is 9.42. The smallest absolute Gasteiger partial charge is 0.317 e. The molecule has 3 rings (SSSR count). The number of hydrogen-bond acceptors (Lipinski definition) is 7. The number of hydrogen-bond donors (Lipinski definition) is 1. The predicted molar refractivity (Wildman–Crippen MR) is 115 cm³/mol. The number of anilines is 1. The molecule has 1 N–H and O–H groups in total. The molecular weight excluding hydrogens is 400 g/mol. The van der Waals surface area contributed by atoms with Gasteiger partial charge in [0.15, 0.2) is 5.78 Å². The maximum Gasteiger partial charge on any atom is 0.317 e. The van der Waals surface area contributed by atoms with Crippen molar-refractivity contribution in [3.05, 3.63) is 75.5 Å². The minimum atomic E-state index is -0.969. The summed E-state index contributed by atoms with van der Waals surface area (Å²) in [4.78, 5) is 36.2. The Bertz CT molecular complexity index is 1050. The van der Waals surface area contributed by atoms with E-state index >= 15 is 0 Å². The lowest BCUT2D eigenvalue weighted by Crippen LogP contribution is -2.35. The van der Waals surface area contributed by atoms with E-state index < -0.39 is 22.7 Å². The summed E-state index contributed by atoms with van der Waals surface area (Å²) < 4.78 is 10.5. The van der Waals surface area contributed by atoms with Gasteiger partial charge >= 0.3 is 5.97 Å². The molecule has 0 fully saturated rings. The molecule has 0 aromatic heterocycles. The van der Waals surface area contributed by atoms with Crippen molar-refractivity contribution in [3.8, 4) is 5.75 Å². The van der Waals surface area contributed by atoms with Gasteiger partial charge in [0, 0.05) is 35.5 Å². The fraction of sp³-hybridized carbons (Fsp3) is 0.304. The number of esters is 1. The number of nitro groups is 1. The Balaban J connectivity index is 1.98. The summed E-state index contributed by atoms with van der Waals surface area (Å²) in [5.74, 6) is -1.76. The summed E-state index contributed by atoms with van der Waals surface area (Å²) in [6.07, 6.45) is 1.74. The molecule has 0 spiro atoms. The third-order valence-electron chi connectivity index (χ3n) is 5.25. The van der Waals surface area contributed by atoms with Crippen LogP contribution in [0.2, 0.25) is 0 Å². The zero-order valence-electron chi connectivity index (χ0n) is 17.6. The largest absolute Gasteiger partial charge is 0.497 e. The summed E-state index contributed by atoms with van der Waals surface area (Å²) in [5, 5.41) is 14.3. The first-order chi connectivity index (χ1) is 14.8. The highest BCUT2D eigenvalue weighted by atomic mass is 16.6. The molecular formula is C23H24N2O6. The van der Waals surface area contributed by atoms with Gasteiger partial charge in [-0.05, 0) is 43.5 Å². The summed E-state index contributed by atoms with van der Waals surface area (Å²) in [5.41, 5.74) is 2.62. The molecule has 0 radical (unpaired) electrons. The Morgan fingerprint density at radius 1 is 1.26 bits per heavy atom. The van der Waals surface area contributed by atoms with E-state index in [0.29, 0.717) is 23.6 Å². The zero-order chi connectivity index (χ0) is 22.5. The van der Waals surface area contributed by atoms with Crippen molar-refractivity contribution < 1.29 is 24.0 Å². The van der Waals surface area contributed by atoms with Crippen molar-refractivity contribution in [2.45, 2.75) is 26.2 Å². The van der Waals surface area contributed by atoms with Crippen LogP contribution in [0.4, 0.5) is 11.4 Å². The van der Waals surface area contributed by atoms with Crippen LogP contribution in [-0.2, 0) is 14.3 Å². The van der Waals surface area contributed by atoms with Crippen LogP contribution < -0.4 is 10.1 Å². The van der Waals surface area contributed by atoms with Crippen LogP contribution in [0.25, 0.3) is 0 Å². The summed E-state index contributed by atoms with van der Waals surface area (Å²) >= 11 is 0. The van der Waals surface area contributed by atoms with Crippen molar-refractivity contribution in [2.24, 2.45) is 5.92 Å². The van der Waals surface area contributed by atoms with E-state index in [0.717, 1.165) is 11.1 Å². The van der Waals surface area contributed by atoms with Crippen molar-refractivity contribution in [1.29, 1.82) is 0 Å². The minimum absolute atomic E-state index is 0.0513. The number of nitro benzene ring substituents is 1. The Kier molecular flexibility index (Phi) is 6.69. The minimum Gasteiger partial charge on any atom is -0.497 e. The van der Waals surface area contributed by atoms with Crippen LogP contribution in [-0.4, -0.2) is 30.4 Å². The first-order valence-electron chi connectivity index (χ1n) is 9.91. The maximum absolute atomic E-state index is 13.0. The van der Waals surface area contributed by atoms with Crippen LogP contribution in [0, 0.1) is 23.0 Å². The van der Waals surface area contributed by atoms with E-state index in [4.69, 9.17) is 9.47 Å². The second-order valence-electron chi connectivity index (χ2n) is 7.27.